The third-order valence-electron chi connectivity index (χ3n) is 2.19. The van der Waals surface area contributed by atoms with Gasteiger partial charge in [-0.15, -0.1) is 0 Å². The summed E-state index contributed by atoms with van der Waals surface area (Å²) in [6.07, 6.45) is -1.61. The Labute approximate surface area is 85.0 Å². The van der Waals surface area contributed by atoms with Crippen LogP contribution in [0.3, 0.4) is 0 Å². The Morgan fingerprint density at radius 2 is 1.86 bits per heavy atom. The van der Waals surface area contributed by atoms with Crippen LogP contribution in [0.1, 0.15) is 27.2 Å². The van der Waals surface area contributed by atoms with Gasteiger partial charge >= 0.3 is 0 Å². The minimum absolute atomic E-state index is 0.128. The van der Waals surface area contributed by atoms with E-state index in [1.165, 1.54) is 0 Å². The first-order chi connectivity index (χ1) is 6.38. The normalized spacial score (nSPS) is 14.8. The van der Waals surface area contributed by atoms with Gasteiger partial charge < -0.3 is 10.1 Å². The smallest absolute Gasteiger partial charge is 0.261 e. The molecule has 14 heavy (non-hydrogen) atoms. The molecule has 0 aliphatic heterocycles. The summed E-state index contributed by atoms with van der Waals surface area (Å²) in [6.45, 7) is 6.26. The summed E-state index contributed by atoms with van der Waals surface area (Å²) in [7, 11) is 1.88. The van der Waals surface area contributed by atoms with E-state index in [4.69, 9.17) is 4.74 Å². The summed E-state index contributed by atoms with van der Waals surface area (Å²) >= 11 is 0. The van der Waals surface area contributed by atoms with Crippen LogP contribution < -0.4 is 5.32 Å². The lowest BCUT2D eigenvalue weighted by Crippen LogP contribution is -2.38. The molecule has 1 unspecified atom stereocenters. The van der Waals surface area contributed by atoms with E-state index in [-0.39, 0.29) is 5.41 Å². The average Bonchev–Trinajstić information content (AvgIpc) is 2.01. The Kier molecular flexibility index (Phi) is 6.20. The number of hydrogen-bond acceptors (Lipinski definition) is 2. The molecule has 0 aliphatic rings. The maximum Gasteiger partial charge on any atom is 0.261 e. The van der Waals surface area contributed by atoms with E-state index in [9.17, 15) is 8.78 Å². The Morgan fingerprint density at radius 3 is 2.21 bits per heavy atom. The molecule has 0 radical (unpaired) electrons. The Balaban J connectivity index is 3.64. The van der Waals surface area contributed by atoms with Gasteiger partial charge in [0.15, 0.2) is 0 Å². The van der Waals surface area contributed by atoms with Crippen LogP contribution in [0.5, 0.6) is 0 Å². The van der Waals surface area contributed by atoms with E-state index < -0.39 is 13.0 Å². The number of ether oxygens (including phenoxy) is 1. The molecule has 0 saturated carbocycles. The molecule has 0 bridgehead atoms. The van der Waals surface area contributed by atoms with Crippen molar-refractivity contribution in [1.29, 1.82) is 0 Å². The summed E-state index contributed by atoms with van der Waals surface area (Å²) in [5.41, 5.74) is 0.128. The lowest BCUT2D eigenvalue weighted by molar-refractivity contribution is 0.0113. The highest BCUT2D eigenvalue weighted by Crippen LogP contribution is 2.21. The lowest BCUT2D eigenvalue weighted by Gasteiger charge is -2.30. The summed E-state index contributed by atoms with van der Waals surface area (Å²) in [5.74, 6) is 0. The van der Waals surface area contributed by atoms with E-state index in [1.807, 2.05) is 7.05 Å². The van der Waals surface area contributed by atoms with Crippen molar-refractivity contribution in [3.63, 3.8) is 0 Å². The van der Waals surface area contributed by atoms with Crippen LogP contribution >= 0.6 is 0 Å². The minimum atomic E-state index is -2.36. The molecule has 4 heteroatoms. The first-order valence-corrected chi connectivity index (χ1v) is 4.91. The van der Waals surface area contributed by atoms with Crippen molar-refractivity contribution >= 4 is 0 Å². The molecule has 0 spiro atoms. The fourth-order valence-corrected chi connectivity index (χ4v) is 1.38. The quantitative estimate of drug-likeness (QED) is 0.678. The van der Waals surface area contributed by atoms with E-state index in [1.54, 1.807) is 0 Å². The third-order valence-corrected chi connectivity index (χ3v) is 2.19. The van der Waals surface area contributed by atoms with Gasteiger partial charge in [0.2, 0.25) is 0 Å². The molecule has 0 heterocycles. The van der Waals surface area contributed by atoms with Gasteiger partial charge in [0.1, 0.15) is 6.61 Å². The zero-order chi connectivity index (χ0) is 11.2. The van der Waals surface area contributed by atoms with E-state index in [0.717, 1.165) is 6.42 Å². The zero-order valence-electron chi connectivity index (χ0n) is 9.44. The van der Waals surface area contributed by atoms with Crippen molar-refractivity contribution in [1.82, 2.24) is 5.32 Å². The molecule has 0 aliphatic carbocycles. The summed E-state index contributed by atoms with van der Waals surface area (Å²) in [5, 5.41) is 3.16. The summed E-state index contributed by atoms with van der Waals surface area (Å²) in [6, 6.07) is 0.292. The first-order valence-electron chi connectivity index (χ1n) is 4.91. The van der Waals surface area contributed by atoms with Crippen molar-refractivity contribution in [2.45, 2.75) is 39.7 Å². The molecule has 0 aromatic rings. The maximum atomic E-state index is 11.7. The fourth-order valence-electron chi connectivity index (χ4n) is 1.38. The van der Waals surface area contributed by atoms with E-state index in [0.29, 0.717) is 12.6 Å². The van der Waals surface area contributed by atoms with E-state index in [2.05, 4.69) is 26.1 Å². The first kappa shape index (κ1) is 13.8. The average molecular weight is 209 g/mol. The third kappa shape index (κ3) is 6.27. The van der Waals surface area contributed by atoms with Gasteiger partial charge in [0, 0.05) is 12.6 Å². The van der Waals surface area contributed by atoms with Crippen LogP contribution in [0.2, 0.25) is 0 Å². The van der Waals surface area contributed by atoms with Gasteiger partial charge in [-0.05, 0) is 18.9 Å². The van der Waals surface area contributed by atoms with Crippen molar-refractivity contribution in [2.75, 3.05) is 20.3 Å². The predicted octanol–water partition coefficient (Wildman–Crippen LogP) is 2.29. The van der Waals surface area contributed by atoms with Crippen molar-refractivity contribution in [2.24, 2.45) is 5.41 Å². The molecule has 86 valence electrons. The molecule has 1 atom stereocenters. The topological polar surface area (TPSA) is 21.3 Å². The molecule has 2 nitrogen and oxygen atoms in total. The second-order valence-corrected chi connectivity index (χ2v) is 4.46. The molecular weight excluding hydrogens is 188 g/mol. The molecule has 0 saturated heterocycles. The number of hydrogen-bond donors (Lipinski definition) is 1. The van der Waals surface area contributed by atoms with Crippen molar-refractivity contribution < 1.29 is 13.5 Å². The summed E-state index contributed by atoms with van der Waals surface area (Å²) in [4.78, 5) is 0. The Hall–Kier alpha value is -0.220. The summed E-state index contributed by atoms with van der Waals surface area (Å²) < 4.78 is 28.3. The van der Waals surface area contributed by atoms with Gasteiger partial charge in [-0.1, -0.05) is 20.8 Å². The molecule has 0 rings (SSSR count). The van der Waals surface area contributed by atoms with Crippen molar-refractivity contribution in [3.05, 3.63) is 0 Å². The standard InChI is InChI=1S/C10H21F2NO/c1-10(2,3)8(13-4)5-6-14-7-9(11)12/h8-9,13H,5-7H2,1-4H3. The number of alkyl halides is 2. The Morgan fingerprint density at radius 1 is 1.29 bits per heavy atom. The molecule has 0 fully saturated rings. The van der Waals surface area contributed by atoms with Gasteiger partial charge in [-0.3, -0.25) is 0 Å². The minimum Gasteiger partial charge on any atom is -0.375 e. The van der Waals surface area contributed by atoms with Crippen LogP contribution in [0.4, 0.5) is 8.78 Å². The molecule has 0 aromatic heterocycles. The van der Waals surface area contributed by atoms with Crippen LogP contribution in [0.25, 0.3) is 0 Å². The SMILES string of the molecule is CNC(CCOCC(F)F)C(C)(C)C. The monoisotopic (exact) mass is 209 g/mol. The fraction of sp³-hybridized carbons (Fsp3) is 1.00. The highest BCUT2D eigenvalue weighted by molar-refractivity contribution is 4.78. The number of halogens is 2. The van der Waals surface area contributed by atoms with Gasteiger partial charge in [0.05, 0.1) is 0 Å². The predicted molar refractivity (Wildman–Crippen MR) is 53.7 cm³/mol. The molecule has 1 N–H and O–H groups in total. The largest absolute Gasteiger partial charge is 0.375 e. The number of rotatable bonds is 6. The van der Waals surface area contributed by atoms with Gasteiger partial charge in [-0.2, -0.15) is 0 Å². The Bertz CT molecular complexity index is 146. The lowest BCUT2D eigenvalue weighted by atomic mass is 9.85. The van der Waals surface area contributed by atoms with E-state index >= 15 is 0 Å². The van der Waals surface area contributed by atoms with Crippen LogP contribution in [0.15, 0.2) is 0 Å². The van der Waals surface area contributed by atoms with Crippen molar-refractivity contribution in [3.8, 4) is 0 Å². The molecule has 0 amide bonds. The number of nitrogens with one attached hydrogen (secondary N) is 1. The molecular formula is C10H21F2NO. The van der Waals surface area contributed by atoms with Gasteiger partial charge in [-0.25, -0.2) is 8.78 Å². The second-order valence-electron chi connectivity index (χ2n) is 4.46. The van der Waals surface area contributed by atoms with Crippen LogP contribution in [-0.4, -0.2) is 32.7 Å². The maximum absolute atomic E-state index is 11.7. The molecule has 0 aromatic carbocycles. The highest BCUT2D eigenvalue weighted by atomic mass is 19.3. The zero-order valence-corrected chi connectivity index (χ0v) is 9.44. The highest BCUT2D eigenvalue weighted by Gasteiger charge is 2.22. The van der Waals surface area contributed by atoms with Crippen LogP contribution in [-0.2, 0) is 4.74 Å². The van der Waals surface area contributed by atoms with Crippen LogP contribution in [0, 0.1) is 5.41 Å². The second kappa shape index (κ2) is 6.30. The van der Waals surface area contributed by atoms with Gasteiger partial charge in [0.25, 0.3) is 6.43 Å².